The Morgan fingerprint density at radius 2 is 1.83 bits per heavy atom. The third-order valence-electron chi connectivity index (χ3n) is 4.00. The number of hydrogen-bond donors (Lipinski definition) is 1. The van der Waals surface area contributed by atoms with Crippen molar-refractivity contribution in [2.75, 3.05) is 5.75 Å². The number of nitrogens with one attached hydrogen (secondary N) is 1. The van der Waals surface area contributed by atoms with Gasteiger partial charge in [-0.3, -0.25) is 9.59 Å². The van der Waals surface area contributed by atoms with Crippen molar-refractivity contribution in [2.24, 2.45) is 0 Å². The summed E-state index contributed by atoms with van der Waals surface area (Å²) < 4.78 is 35.0. The fraction of sp³-hybridized carbons (Fsp3) is 0.526. The van der Waals surface area contributed by atoms with Gasteiger partial charge in [-0.05, 0) is 33.3 Å². The Morgan fingerprint density at radius 3 is 2.38 bits per heavy atom. The van der Waals surface area contributed by atoms with Gasteiger partial charge in [0.05, 0.1) is 18.2 Å². The molecule has 0 bridgehead atoms. The standard InChI is InChI=1S/C19H26N2O7S/c1-13(20-18(24)28-19(2,3)4)17(23)21-15(12-29(21,25)26)10-16(22)27-11-14-8-6-5-7-9-14/h5-9,13,15H,10-12H2,1-4H3,(H,20,24)/t13-,15?/m0/s1. The van der Waals surface area contributed by atoms with Gasteiger partial charge in [-0.2, -0.15) is 0 Å². The number of amides is 2. The Labute approximate surface area is 170 Å². The number of carbonyl (C=O) groups excluding carboxylic acids is 3. The van der Waals surface area contributed by atoms with Crippen LogP contribution >= 0.6 is 0 Å². The summed E-state index contributed by atoms with van der Waals surface area (Å²) in [6.07, 6.45) is -1.09. The van der Waals surface area contributed by atoms with Crippen LogP contribution in [0.5, 0.6) is 0 Å². The first-order chi connectivity index (χ1) is 13.4. The molecule has 1 aliphatic rings. The number of alkyl carbamates (subject to hydrolysis) is 1. The molecule has 2 amide bonds. The van der Waals surface area contributed by atoms with E-state index in [9.17, 15) is 22.8 Å². The van der Waals surface area contributed by atoms with Gasteiger partial charge in [-0.25, -0.2) is 17.5 Å². The minimum atomic E-state index is -3.82. The van der Waals surface area contributed by atoms with Gasteiger partial charge in [0.25, 0.3) is 5.91 Å². The molecule has 29 heavy (non-hydrogen) atoms. The molecule has 10 heteroatoms. The van der Waals surface area contributed by atoms with E-state index >= 15 is 0 Å². The smallest absolute Gasteiger partial charge is 0.408 e. The fourth-order valence-electron chi connectivity index (χ4n) is 2.72. The van der Waals surface area contributed by atoms with Crippen LogP contribution in [-0.4, -0.2) is 54.1 Å². The number of hydrogen-bond acceptors (Lipinski definition) is 7. The van der Waals surface area contributed by atoms with Crippen molar-refractivity contribution in [1.82, 2.24) is 9.62 Å². The van der Waals surface area contributed by atoms with E-state index in [0.29, 0.717) is 4.31 Å². The average molecular weight is 426 g/mol. The highest BCUT2D eigenvalue weighted by Gasteiger charge is 2.49. The Kier molecular flexibility index (Phi) is 6.89. The summed E-state index contributed by atoms with van der Waals surface area (Å²) in [4.78, 5) is 36.4. The second kappa shape index (κ2) is 8.81. The second-order valence-corrected chi connectivity index (χ2v) is 9.68. The van der Waals surface area contributed by atoms with Gasteiger partial charge in [0.1, 0.15) is 18.2 Å². The lowest BCUT2D eigenvalue weighted by Gasteiger charge is -2.40. The molecule has 9 nitrogen and oxygen atoms in total. The molecule has 0 saturated carbocycles. The highest BCUT2D eigenvalue weighted by molar-refractivity contribution is 7.91. The highest BCUT2D eigenvalue weighted by Crippen LogP contribution is 2.26. The lowest BCUT2D eigenvalue weighted by atomic mass is 10.2. The van der Waals surface area contributed by atoms with E-state index in [2.05, 4.69) is 5.32 Å². The van der Waals surface area contributed by atoms with Crippen molar-refractivity contribution in [3.05, 3.63) is 35.9 Å². The number of sulfonamides is 1. The van der Waals surface area contributed by atoms with Gasteiger partial charge in [0.2, 0.25) is 10.0 Å². The molecule has 1 aliphatic heterocycles. The van der Waals surface area contributed by atoms with Crippen molar-refractivity contribution in [2.45, 2.75) is 58.4 Å². The third-order valence-corrected chi connectivity index (χ3v) is 5.88. The summed E-state index contributed by atoms with van der Waals surface area (Å²) in [5.74, 6) is -1.78. The van der Waals surface area contributed by atoms with Gasteiger partial charge < -0.3 is 14.8 Å². The van der Waals surface area contributed by atoms with E-state index in [1.54, 1.807) is 45.0 Å². The molecule has 1 heterocycles. The Hall–Kier alpha value is -2.62. The molecule has 0 aliphatic carbocycles. The molecule has 1 fully saturated rings. The maximum Gasteiger partial charge on any atom is 0.408 e. The topological polar surface area (TPSA) is 119 Å². The summed E-state index contributed by atoms with van der Waals surface area (Å²) in [6.45, 7) is 6.40. The maximum absolute atomic E-state index is 12.5. The van der Waals surface area contributed by atoms with Gasteiger partial charge in [0.15, 0.2) is 0 Å². The Morgan fingerprint density at radius 1 is 1.21 bits per heavy atom. The van der Waals surface area contributed by atoms with Crippen LogP contribution in [0.15, 0.2) is 30.3 Å². The minimum absolute atomic E-state index is 0.0592. The quantitative estimate of drug-likeness (QED) is 0.686. The normalized spacial score (nSPS) is 18.9. The van der Waals surface area contributed by atoms with Gasteiger partial charge in [-0.15, -0.1) is 0 Å². The number of esters is 1. The lowest BCUT2D eigenvalue weighted by molar-refractivity contribution is -0.146. The zero-order valence-electron chi connectivity index (χ0n) is 16.9. The molecule has 1 N–H and O–H groups in total. The van der Waals surface area contributed by atoms with E-state index in [1.165, 1.54) is 6.92 Å². The molecule has 0 radical (unpaired) electrons. The van der Waals surface area contributed by atoms with Gasteiger partial charge >= 0.3 is 12.1 Å². The molecule has 2 rings (SSSR count). The molecule has 160 valence electrons. The molecule has 1 aromatic carbocycles. The predicted molar refractivity (Wildman–Crippen MR) is 104 cm³/mol. The van der Waals surface area contributed by atoms with E-state index in [1.807, 2.05) is 6.07 Å². The van der Waals surface area contributed by atoms with E-state index in [4.69, 9.17) is 9.47 Å². The maximum atomic E-state index is 12.5. The monoisotopic (exact) mass is 426 g/mol. The van der Waals surface area contributed by atoms with Gasteiger partial charge in [-0.1, -0.05) is 30.3 Å². The summed E-state index contributed by atoms with van der Waals surface area (Å²) in [5.41, 5.74) is 0.0333. The van der Waals surface area contributed by atoms with Crippen LogP contribution in [0.25, 0.3) is 0 Å². The number of nitrogens with zero attached hydrogens (tertiary/aromatic N) is 1. The van der Waals surface area contributed by atoms with Crippen molar-refractivity contribution in [3.8, 4) is 0 Å². The van der Waals surface area contributed by atoms with Gasteiger partial charge in [0, 0.05) is 0 Å². The second-order valence-electron chi connectivity index (χ2n) is 7.78. The SMILES string of the molecule is C[C@H](NC(=O)OC(C)(C)C)C(=O)N1C(CC(=O)OCc2ccccc2)CS1(=O)=O. The number of rotatable bonds is 6. The zero-order chi connectivity index (χ0) is 21.8. The van der Waals surface area contributed by atoms with Crippen LogP contribution in [0, 0.1) is 0 Å². The molecule has 0 aromatic heterocycles. The summed E-state index contributed by atoms with van der Waals surface area (Å²) in [5, 5.41) is 2.31. The largest absolute Gasteiger partial charge is 0.461 e. The van der Waals surface area contributed by atoms with Crippen LogP contribution in [0.2, 0.25) is 0 Å². The molecular formula is C19H26N2O7S. The molecule has 1 unspecified atom stereocenters. The molecule has 1 aromatic rings. The zero-order valence-corrected chi connectivity index (χ0v) is 17.7. The van der Waals surface area contributed by atoms with Crippen molar-refractivity contribution in [1.29, 1.82) is 0 Å². The van der Waals surface area contributed by atoms with Crippen LogP contribution < -0.4 is 5.32 Å². The first kappa shape index (κ1) is 22.7. The van der Waals surface area contributed by atoms with Crippen molar-refractivity contribution in [3.63, 3.8) is 0 Å². The summed E-state index contributed by atoms with van der Waals surface area (Å²) in [6, 6.07) is 7.06. The Bertz CT molecular complexity index is 862. The van der Waals surface area contributed by atoms with Crippen LogP contribution in [0.4, 0.5) is 4.79 Å². The van der Waals surface area contributed by atoms with E-state index < -0.39 is 45.7 Å². The number of benzene rings is 1. The minimum Gasteiger partial charge on any atom is -0.461 e. The van der Waals surface area contributed by atoms with Crippen LogP contribution in [0.3, 0.4) is 0 Å². The molecule has 1 saturated heterocycles. The highest BCUT2D eigenvalue weighted by atomic mass is 32.2. The third kappa shape index (κ3) is 6.45. The summed E-state index contributed by atoms with van der Waals surface area (Å²) >= 11 is 0. The molecular weight excluding hydrogens is 400 g/mol. The first-order valence-corrected chi connectivity index (χ1v) is 10.7. The predicted octanol–water partition coefficient (Wildman–Crippen LogP) is 1.57. The van der Waals surface area contributed by atoms with E-state index in [0.717, 1.165) is 5.56 Å². The van der Waals surface area contributed by atoms with Crippen molar-refractivity contribution < 1.29 is 32.3 Å². The molecule has 2 atom stereocenters. The van der Waals surface area contributed by atoms with E-state index in [-0.39, 0.29) is 18.8 Å². The number of carbonyl (C=O) groups is 3. The fourth-order valence-corrected chi connectivity index (χ4v) is 4.41. The Balaban J connectivity index is 1.92. The van der Waals surface area contributed by atoms with Crippen LogP contribution in [-0.2, 0) is 35.7 Å². The van der Waals surface area contributed by atoms with Crippen molar-refractivity contribution >= 4 is 28.0 Å². The average Bonchev–Trinajstić information content (AvgIpc) is 2.58. The summed E-state index contributed by atoms with van der Waals surface area (Å²) in [7, 11) is -3.82. The lowest BCUT2D eigenvalue weighted by Crippen LogP contribution is -2.63. The molecule has 0 spiro atoms. The van der Waals surface area contributed by atoms with Crippen LogP contribution in [0.1, 0.15) is 39.7 Å². The number of ether oxygens (including phenoxy) is 2. The first-order valence-electron chi connectivity index (χ1n) is 9.14.